The Bertz CT molecular complexity index is 773. The van der Waals surface area contributed by atoms with Gasteiger partial charge in [0.05, 0.1) is 6.26 Å². The van der Waals surface area contributed by atoms with Crippen LogP contribution in [0, 0.1) is 0 Å². The Labute approximate surface area is 164 Å². The number of halogens is 1. The van der Waals surface area contributed by atoms with Gasteiger partial charge in [-0.1, -0.05) is 28.1 Å². The molecule has 0 saturated carbocycles. The first-order chi connectivity index (χ1) is 12.9. The van der Waals surface area contributed by atoms with Gasteiger partial charge in [-0.05, 0) is 29.8 Å². The zero-order chi connectivity index (χ0) is 19.8. The molecule has 3 rings (SSSR count). The van der Waals surface area contributed by atoms with Gasteiger partial charge in [0.15, 0.2) is 5.76 Å². The van der Waals surface area contributed by atoms with Gasteiger partial charge in [0.1, 0.15) is 0 Å². The summed E-state index contributed by atoms with van der Waals surface area (Å²) in [6.07, 6.45) is 1.54. The Morgan fingerprint density at radius 1 is 1.00 bits per heavy atom. The molecule has 8 nitrogen and oxygen atoms in total. The number of furan rings is 1. The Morgan fingerprint density at radius 2 is 1.67 bits per heavy atom. The average Bonchev–Trinajstić information content (AvgIpc) is 3.17. The van der Waals surface area contributed by atoms with Crippen molar-refractivity contribution in [3.63, 3.8) is 0 Å². The summed E-state index contributed by atoms with van der Waals surface area (Å²) in [5, 5.41) is 14.8. The molecule has 0 atom stereocenters. The minimum Gasteiger partial charge on any atom is -0.473 e. The molecule has 1 aromatic carbocycles. The smallest absolute Gasteiger partial charge is 0.414 e. The number of nitrogens with zero attached hydrogens (tertiary/aromatic N) is 2. The van der Waals surface area contributed by atoms with Crippen LogP contribution in [-0.4, -0.2) is 64.0 Å². The van der Waals surface area contributed by atoms with E-state index in [1.165, 1.54) is 11.8 Å². The monoisotopic (exact) mass is 438 g/mol. The second-order valence-corrected chi connectivity index (χ2v) is 6.70. The van der Waals surface area contributed by atoms with Crippen LogP contribution in [0.3, 0.4) is 0 Å². The van der Waals surface area contributed by atoms with Gasteiger partial charge in [-0.15, -0.1) is 0 Å². The van der Waals surface area contributed by atoms with E-state index >= 15 is 0 Å². The summed E-state index contributed by atoms with van der Waals surface area (Å²) in [6.45, 7) is 4.18. The van der Waals surface area contributed by atoms with E-state index in [0.29, 0.717) is 5.76 Å². The van der Waals surface area contributed by atoms with E-state index in [2.05, 4.69) is 39.0 Å². The molecule has 1 aromatic heterocycles. The molecule has 2 aromatic rings. The van der Waals surface area contributed by atoms with Crippen LogP contribution in [0.25, 0.3) is 0 Å². The zero-order valence-electron chi connectivity index (χ0n) is 14.4. The van der Waals surface area contributed by atoms with E-state index in [1.54, 1.807) is 12.1 Å². The van der Waals surface area contributed by atoms with Crippen molar-refractivity contribution in [3.8, 4) is 0 Å². The summed E-state index contributed by atoms with van der Waals surface area (Å²) in [4.78, 5) is 34.6. The van der Waals surface area contributed by atoms with Crippen molar-refractivity contribution in [2.24, 2.45) is 0 Å². The lowest BCUT2D eigenvalue weighted by Gasteiger charge is -2.34. The molecule has 0 unspecified atom stereocenters. The van der Waals surface area contributed by atoms with Gasteiger partial charge < -0.3 is 19.5 Å². The minimum absolute atomic E-state index is 0.0119. The summed E-state index contributed by atoms with van der Waals surface area (Å²) >= 11 is 3.50. The van der Waals surface area contributed by atoms with Crippen LogP contribution in [0.2, 0.25) is 0 Å². The second-order valence-electron chi connectivity index (χ2n) is 5.79. The van der Waals surface area contributed by atoms with Crippen LogP contribution in [0.1, 0.15) is 16.1 Å². The number of carboxylic acids is 2. The number of carbonyl (C=O) groups is 3. The van der Waals surface area contributed by atoms with Crippen molar-refractivity contribution in [1.29, 1.82) is 0 Å². The molecule has 1 aliphatic rings. The fourth-order valence-electron chi connectivity index (χ4n) is 2.56. The van der Waals surface area contributed by atoms with E-state index < -0.39 is 11.9 Å². The third-order valence-corrected chi connectivity index (χ3v) is 4.36. The number of aliphatic carboxylic acids is 2. The van der Waals surface area contributed by atoms with Crippen LogP contribution in [0.5, 0.6) is 0 Å². The fourth-order valence-corrected chi connectivity index (χ4v) is 3.01. The molecule has 1 fully saturated rings. The third kappa shape index (κ3) is 6.54. The van der Waals surface area contributed by atoms with Crippen molar-refractivity contribution in [3.05, 3.63) is 58.5 Å². The topological polar surface area (TPSA) is 111 Å². The Hall–Kier alpha value is -2.65. The maximum absolute atomic E-state index is 12.2. The quantitative estimate of drug-likeness (QED) is 0.705. The number of piperazine rings is 1. The van der Waals surface area contributed by atoms with Crippen LogP contribution < -0.4 is 0 Å². The van der Waals surface area contributed by atoms with Gasteiger partial charge in [0.2, 0.25) is 0 Å². The Balaban J connectivity index is 0.000000380. The predicted octanol–water partition coefficient (Wildman–Crippen LogP) is 2.16. The number of rotatable bonds is 3. The molecule has 144 valence electrons. The number of amides is 1. The summed E-state index contributed by atoms with van der Waals surface area (Å²) in [5.41, 5.74) is 1.29. The average molecular weight is 439 g/mol. The predicted molar refractivity (Wildman–Crippen MR) is 99.3 cm³/mol. The van der Waals surface area contributed by atoms with Crippen molar-refractivity contribution in [1.82, 2.24) is 9.80 Å². The standard InChI is InChI=1S/C16H17BrN2O2.C2H2O4/c17-14-4-1-3-13(11-14)12-18-6-8-19(9-7-18)16(20)15-5-2-10-21-15;3-1(4)2(5)6/h1-5,10-11H,6-9,12H2;(H,3,4)(H,5,6). The van der Waals surface area contributed by atoms with E-state index in [1.807, 2.05) is 11.0 Å². The van der Waals surface area contributed by atoms with Gasteiger partial charge in [0.25, 0.3) is 5.91 Å². The van der Waals surface area contributed by atoms with Crippen molar-refractivity contribution in [2.45, 2.75) is 6.54 Å². The Kier molecular flexibility index (Phi) is 7.56. The lowest BCUT2D eigenvalue weighted by Crippen LogP contribution is -2.48. The maximum atomic E-state index is 12.2. The number of carboxylic acid groups (broad SMARTS) is 2. The lowest BCUT2D eigenvalue weighted by molar-refractivity contribution is -0.159. The molecule has 0 aliphatic carbocycles. The minimum atomic E-state index is -1.82. The fraction of sp³-hybridized carbons (Fsp3) is 0.278. The summed E-state index contributed by atoms with van der Waals surface area (Å²) in [5.74, 6) is -3.23. The highest BCUT2D eigenvalue weighted by Crippen LogP contribution is 2.15. The molecular formula is C18H19BrN2O6. The first-order valence-electron chi connectivity index (χ1n) is 8.12. The molecule has 9 heteroatoms. The summed E-state index contributed by atoms with van der Waals surface area (Å²) in [7, 11) is 0. The van der Waals surface area contributed by atoms with Crippen LogP contribution >= 0.6 is 15.9 Å². The molecule has 2 N–H and O–H groups in total. The van der Waals surface area contributed by atoms with E-state index in [4.69, 9.17) is 24.2 Å². The van der Waals surface area contributed by atoms with Crippen LogP contribution in [0.15, 0.2) is 51.6 Å². The van der Waals surface area contributed by atoms with Gasteiger partial charge >= 0.3 is 11.9 Å². The SMILES string of the molecule is O=C(O)C(=O)O.O=C(c1ccco1)N1CCN(Cc2cccc(Br)c2)CC1. The molecular weight excluding hydrogens is 420 g/mol. The van der Waals surface area contributed by atoms with Gasteiger partial charge in [-0.25, -0.2) is 9.59 Å². The van der Waals surface area contributed by atoms with Gasteiger partial charge in [0, 0.05) is 37.2 Å². The molecule has 1 amide bonds. The highest BCUT2D eigenvalue weighted by Gasteiger charge is 2.23. The summed E-state index contributed by atoms with van der Waals surface area (Å²) < 4.78 is 6.28. The largest absolute Gasteiger partial charge is 0.473 e. The van der Waals surface area contributed by atoms with Crippen molar-refractivity contribution >= 4 is 33.8 Å². The molecule has 2 heterocycles. The molecule has 0 bridgehead atoms. The highest BCUT2D eigenvalue weighted by molar-refractivity contribution is 9.10. The summed E-state index contributed by atoms with van der Waals surface area (Å²) in [6, 6.07) is 11.8. The number of benzene rings is 1. The van der Waals surface area contributed by atoms with E-state index in [0.717, 1.165) is 37.2 Å². The van der Waals surface area contributed by atoms with E-state index in [-0.39, 0.29) is 5.91 Å². The zero-order valence-corrected chi connectivity index (χ0v) is 16.0. The van der Waals surface area contributed by atoms with Crippen LogP contribution in [-0.2, 0) is 16.1 Å². The van der Waals surface area contributed by atoms with Gasteiger partial charge in [-0.2, -0.15) is 0 Å². The van der Waals surface area contributed by atoms with Crippen LogP contribution in [0.4, 0.5) is 0 Å². The molecule has 1 saturated heterocycles. The van der Waals surface area contributed by atoms with Crippen molar-refractivity contribution in [2.75, 3.05) is 26.2 Å². The number of hydrogen-bond donors (Lipinski definition) is 2. The Morgan fingerprint density at radius 3 is 2.19 bits per heavy atom. The first kappa shape index (κ1) is 20.7. The molecule has 0 radical (unpaired) electrons. The normalized spacial score (nSPS) is 14.2. The third-order valence-electron chi connectivity index (χ3n) is 3.87. The second kappa shape index (κ2) is 9.89. The number of hydrogen-bond acceptors (Lipinski definition) is 5. The molecule has 0 spiro atoms. The lowest BCUT2D eigenvalue weighted by atomic mass is 10.2. The van der Waals surface area contributed by atoms with E-state index in [9.17, 15) is 4.79 Å². The van der Waals surface area contributed by atoms with Crippen molar-refractivity contribution < 1.29 is 29.0 Å². The maximum Gasteiger partial charge on any atom is 0.414 e. The first-order valence-corrected chi connectivity index (χ1v) is 8.92. The molecule has 1 aliphatic heterocycles. The molecule has 27 heavy (non-hydrogen) atoms. The highest BCUT2D eigenvalue weighted by atomic mass is 79.9. The number of carbonyl (C=O) groups excluding carboxylic acids is 1. The van der Waals surface area contributed by atoms with Gasteiger partial charge in [-0.3, -0.25) is 9.69 Å².